The molecule has 3 aliphatic rings. The molecule has 0 unspecified atom stereocenters. The molecule has 2 saturated heterocycles. The van der Waals surface area contributed by atoms with E-state index in [1.807, 2.05) is 6.20 Å². The van der Waals surface area contributed by atoms with Gasteiger partial charge in [-0.05, 0) is 48.7 Å². The second kappa shape index (κ2) is 11.2. The number of sulfonamides is 1. The highest BCUT2D eigenvalue weighted by atomic mass is 32.2. The number of halogens is 1. The minimum Gasteiger partial charge on any atom is -0.492 e. The number of aryl methyl sites for hydroxylation is 1. The van der Waals surface area contributed by atoms with E-state index in [-0.39, 0.29) is 36.2 Å². The van der Waals surface area contributed by atoms with Gasteiger partial charge >= 0.3 is 6.03 Å². The first kappa shape index (κ1) is 29.1. The molecule has 0 bridgehead atoms. The summed E-state index contributed by atoms with van der Waals surface area (Å²) in [6, 6.07) is 8.95. The first-order chi connectivity index (χ1) is 20.5. The number of hydrogen-bond acceptors (Lipinski definition) is 7. The highest BCUT2D eigenvalue weighted by molar-refractivity contribution is 7.89. The predicted molar refractivity (Wildman–Crippen MR) is 154 cm³/mol. The molecule has 1 aromatic heterocycles. The fourth-order valence-corrected chi connectivity index (χ4v) is 7.79. The van der Waals surface area contributed by atoms with E-state index in [0.717, 1.165) is 15.4 Å². The van der Waals surface area contributed by atoms with Gasteiger partial charge < -0.3 is 25.4 Å². The van der Waals surface area contributed by atoms with Crippen molar-refractivity contribution in [1.82, 2.24) is 24.3 Å². The van der Waals surface area contributed by atoms with Crippen LogP contribution >= 0.6 is 0 Å². The number of hydrogen-bond donors (Lipinski definition) is 3. The molecule has 0 aliphatic carbocycles. The van der Waals surface area contributed by atoms with Crippen LogP contribution in [0.4, 0.5) is 14.9 Å². The fourth-order valence-electron chi connectivity index (χ4n) is 6.04. The molecule has 12 nitrogen and oxygen atoms in total. The Bertz CT molecular complexity index is 1650. The standard InChI is InChI=1S/C29H33FN6O6S/c1-34-17-20(16-31-34)19-5-6-26-25(13-19)42-12-9-29(33-27(38)24-15-23(37)18-36(24)43(26,40)41)7-10-35(11-8-29)28(39)32-22-4-2-3-21(30)14-22/h2-6,13-14,16-17,23-24,37H,7-12,15,18H2,1H3,(H,32,39)(H,33,38)/t23-,24+/m1/s1. The zero-order valence-electron chi connectivity index (χ0n) is 23.6. The summed E-state index contributed by atoms with van der Waals surface area (Å²) in [6.07, 6.45) is 3.59. The molecule has 0 radical (unpaired) electrons. The van der Waals surface area contributed by atoms with Gasteiger partial charge in [-0.2, -0.15) is 9.40 Å². The van der Waals surface area contributed by atoms with Gasteiger partial charge in [0.05, 0.1) is 18.9 Å². The predicted octanol–water partition coefficient (Wildman–Crippen LogP) is 2.32. The summed E-state index contributed by atoms with van der Waals surface area (Å²) in [4.78, 5) is 28.1. The van der Waals surface area contributed by atoms with Gasteiger partial charge in [0.15, 0.2) is 0 Å². The average molecular weight is 613 g/mol. The molecule has 6 rings (SSSR count). The van der Waals surface area contributed by atoms with Crippen molar-refractivity contribution in [3.8, 4) is 16.9 Å². The van der Waals surface area contributed by atoms with Gasteiger partial charge in [0, 0.05) is 62.5 Å². The maximum absolute atomic E-state index is 13.9. The number of aromatic nitrogens is 2. The van der Waals surface area contributed by atoms with Crippen LogP contribution < -0.4 is 15.4 Å². The van der Waals surface area contributed by atoms with Crippen LogP contribution in [0, 0.1) is 5.82 Å². The molecule has 1 spiro atoms. The lowest BCUT2D eigenvalue weighted by Crippen LogP contribution is -2.60. The summed E-state index contributed by atoms with van der Waals surface area (Å²) in [5.41, 5.74) is 1.07. The normalized spacial score (nSPS) is 23.4. The number of ether oxygens (including phenoxy) is 1. The first-order valence-corrected chi connectivity index (χ1v) is 15.6. The molecule has 3 N–H and O–H groups in total. The molecule has 4 heterocycles. The van der Waals surface area contributed by atoms with E-state index < -0.39 is 39.4 Å². The molecule has 3 amide bonds. The van der Waals surface area contributed by atoms with E-state index in [9.17, 15) is 27.5 Å². The van der Waals surface area contributed by atoms with Crippen LogP contribution in [0.3, 0.4) is 0 Å². The van der Waals surface area contributed by atoms with Crippen molar-refractivity contribution in [2.75, 3.05) is 31.6 Å². The van der Waals surface area contributed by atoms with Crippen LogP contribution in [0.15, 0.2) is 59.8 Å². The van der Waals surface area contributed by atoms with Gasteiger partial charge in [0.25, 0.3) is 0 Å². The molecular weight excluding hydrogens is 579 g/mol. The minimum absolute atomic E-state index is 0.0345. The Morgan fingerprint density at radius 3 is 2.67 bits per heavy atom. The van der Waals surface area contributed by atoms with Crippen LogP contribution in [0.2, 0.25) is 0 Å². The van der Waals surface area contributed by atoms with Crippen LogP contribution in [0.5, 0.6) is 5.75 Å². The molecule has 228 valence electrons. The van der Waals surface area contributed by atoms with E-state index in [0.29, 0.717) is 38.0 Å². The van der Waals surface area contributed by atoms with E-state index in [2.05, 4.69) is 15.7 Å². The van der Waals surface area contributed by atoms with Crippen molar-refractivity contribution in [2.45, 2.75) is 48.3 Å². The zero-order chi connectivity index (χ0) is 30.4. The average Bonchev–Trinajstić information content (AvgIpc) is 3.59. The number of fused-ring (bicyclic) bond motifs is 2. The number of carbonyl (C=O) groups excluding carboxylic acids is 2. The maximum atomic E-state index is 13.9. The molecule has 43 heavy (non-hydrogen) atoms. The van der Waals surface area contributed by atoms with Gasteiger partial charge in [0.2, 0.25) is 15.9 Å². The van der Waals surface area contributed by atoms with Gasteiger partial charge in [-0.15, -0.1) is 0 Å². The summed E-state index contributed by atoms with van der Waals surface area (Å²) in [5, 5.41) is 20.5. The number of anilines is 1. The Morgan fingerprint density at radius 1 is 1.16 bits per heavy atom. The van der Waals surface area contributed by atoms with Gasteiger partial charge in [-0.25, -0.2) is 17.6 Å². The Kier molecular flexibility index (Phi) is 7.60. The van der Waals surface area contributed by atoms with Crippen molar-refractivity contribution in [3.05, 3.63) is 60.7 Å². The molecule has 0 saturated carbocycles. The lowest BCUT2D eigenvalue weighted by molar-refractivity contribution is -0.127. The molecular formula is C29H33FN6O6S. The van der Waals surface area contributed by atoms with E-state index in [1.165, 1.54) is 24.3 Å². The number of likely N-dealkylation sites (tertiary alicyclic amines) is 1. The molecule has 3 aromatic rings. The number of benzene rings is 2. The SMILES string of the molecule is Cn1cc(-c2ccc3c(c2)OCCC2(CCN(C(=O)Nc4cccc(F)c4)CC2)NC(=O)[C@@H]2C[C@@H](O)CN2S3(=O)=O)cn1. The number of rotatable bonds is 2. The first-order valence-electron chi connectivity index (χ1n) is 14.1. The molecule has 2 fully saturated rings. The number of carbonyl (C=O) groups is 2. The lowest BCUT2D eigenvalue weighted by Gasteiger charge is -2.43. The van der Waals surface area contributed by atoms with Crippen molar-refractivity contribution >= 4 is 27.6 Å². The molecule has 2 atom stereocenters. The second-order valence-corrected chi connectivity index (χ2v) is 13.2. The number of piperidine rings is 1. The highest BCUT2D eigenvalue weighted by Crippen LogP contribution is 2.37. The largest absolute Gasteiger partial charge is 0.492 e. The Morgan fingerprint density at radius 2 is 1.95 bits per heavy atom. The third-order valence-electron chi connectivity index (χ3n) is 8.42. The Balaban J connectivity index is 1.27. The van der Waals surface area contributed by atoms with Crippen LogP contribution in [0.25, 0.3) is 11.1 Å². The van der Waals surface area contributed by atoms with Crippen LogP contribution in [-0.2, 0) is 21.9 Å². The summed E-state index contributed by atoms with van der Waals surface area (Å²) in [7, 11) is -2.43. The summed E-state index contributed by atoms with van der Waals surface area (Å²) >= 11 is 0. The molecule has 3 aliphatic heterocycles. The lowest BCUT2D eigenvalue weighted by atomic mass is 9.84. The fraction of sp³-hybridized carbons (Fsp3) is 0.414. The Hall–Kier alpha value is -4.01. The van der Waals surface area contributed by atoms with Crippen LogP contribution in [-0.4, -0.2) is 88.4 Å². The Labute approximate surface area is 248 Å². The van der Waals surface area contributed by atoms with Crippen LogP contribution in [0.1, 0.15) is 25.7 Å². The van der Waals surface area contributed by atoms with E-state index in [4.69, 9.17) is 4.74 Å². The summed E-state index contributed by atoms with van der Waals surface area (Å²) < 4.78 is 50.2. The quantitative estimate of drug-likeness (QED) is 0.403. The van der Waals surface area contributed by atoms with Crippen molar-refractivity contribution in [1.29, 1.82) is 0 Å². The summed E-state index contributed by atoms with van der Waals surface area (Å²) in [6.45, 7) is 0.504. The van der Waals surface area contributed by atoms with E-state index in [1.54, 1.807) is 41.0 Å². The molecule has 14 heteroatoms. The number of nitrogens with zero attached hydrogens (tertiary/aromatic N) is 4. The number of aliphatic hydroxyl groups excluding tert-OH is 1. The monoisotopic (exact) mass is 612 g/mol. The number of aliphatic hydroxyl groups is 1. The second-order valence-electron chi connectivity index (χ2n) is 11.3. The highest BCUT2D eigenvalue weighted by Gasteiger charge is 2.47. The van der Waals surface area contributed by atoms with Gasteiger partial charge in [0.1, 0.15) is 22.5 Å². The topological polar surface area (TPSA) is 146 Å². The smallest absolute Gasteiger partial charge is 0.321 e. The number of nitrogens with one attached hydrogen (secondary N) is 2. The third-order valence-corrected chi connectivity index (χ3v) is 10.3. The van der Waals surface area contributed by atoms with E-state index >= 15 is 0 Å². The summed E-state index contributed by atoms with van der Waals surface area (Å²) in [5.74, 6) is -0.802. The minimum atomic E-state index is -4.21. The maximum Gasteiger partial charge on any atom is 0.321 e. The van der Waals surface area contributed by atoms with Crippen molar-refractivity contribution < 1.29 is 32.2 Å². The van der Waals surface area contributed by atoms with Gasteiger partial charge in [-0.1, -0.05) is 12.1 Å². The van der Waals surface area contributed by atoms with Crippen molar-refractivity contribution in [3.63, 3.8) is 0 Å². The zero-order valence-corrected chi connectivity index (χ0v) is 24.4. The number of urea groups is 1. The van der Waals surface area contributed by atoms with Crippen molar-refractivity contribution in [2.24, 2.45) is 7.05 Å². The van der Waals surface area contributed by atoms with Gasteiger partial charge in [-0.3, -0.25) is 9.48 Å². The molecule has 2 aromatic carbocycles. The third kappa shape index (κ3) is 5.82. The number of amides is 3.